The summed E-state index contributed by atoms with van der Waals surface area (Å²) in [5.41, 5.74) is 17.9. The van der Waals surface area contributed by atoms with E-state index in [0.29, 0.717) is 0 Å². The predicted octanol–water partition coefficient (Wildman–Crippen LogP) is 16.8. The molecule has 0 atom stereocenters. The van der Waals surface area contributed by atoms with Crippen molar-refractivity contribution in [1.82, 2.24) is 4.57 Å². The molecular formula is C60H40N2O. The Labute approximate surface area is 366 Å². The minimum absolute atomic E-state index is 0.890. The molecule has 0 aliphatic heterocycles. The van der Waals surface area contributed by atoms with Gasteiger partial charge in [-0.15, -0.1) is 0 Å². The Bertz CT molecular complexity index is 3570. The smallest absolute Gasteiger partial charge is 0.143 e. The van der Waals surface area contributed by atoms with Gasteiger partial charge < -0.3 is 13.9 Å². The van der Waals surface area contributed by atoms with Crippen LogP contribution >= 0.6 is 0 Å². The molecule has 0 aliphatic rings. The molecule has 0 unspecified atom stereocenters. The molecule has 63 heavy (non-hydrogen) atoms. The molecule has 12 rings (SSSR count). The zero-order chi connectivity index (χ0) is 41.7. The molecule has 2 heterocycles. The summed E-state index contributed by atoms with van der Waals surface area (Å²) >= 11 is 0. The van der Waals surface area contributed by atoms with Crippen molar-refractivity contribution >= 4 is 60.8 Å². The molecule has 296 valence electrons. The van der Waals surface area contributed by atoms with E-state index < -0.39 is 0 Å². The molecule has 0 saturated carbocycles. The molecule has 0 bridgehead atoms. The fourth-order valence-corrected chi connectivity index (χ4v) is 9.32. The van der Waals surface area contributed by atoms with Crippen LogP contribution in [0.4, 0.5) is 17.1 Å². The van der Waals surface area contributed by atoms with Gasteiger partial charge in [0.15, 0.2) is 0 Å². The first-order valence-electron chi connectivity index (χ1n) is 21.5. The Balaban J connectivity index is 0.908. The highest BCUT2D eigenvalue weighted by atomic mass is 16.3. The molecule has 0 radical (unpaired) electrons. The SMILES string of the molecule is c1ccc(-c2ccc(N(c3ccc(-c4ccc5oc6c(-c7ccccc7)cccc6c5c4)cc3)c3ccc(-c4ccc5c(c4)c4ccccc4n5-c4ccccc4)cc3)cc2)cc1. The fraction of sp³-hybridized carbons (Fsp3) is 0. The summed E-state index contributed by atoms with van der Waals surface area (Å²) in [6, 6.07) is 87.0. The number of hydrogen-bond donors (Lipinski definition) is 0. The van der Waals surface area contributed by atoms with Gasteiger partial charge >= 0.3 is 0 Å². The Morgan fingerprint density at radius 2 is 0.762 bits per heavy atom. The molecule has 0 saturated heterocycles. The molecule has 3 heteroatoms. The maximum absolute atomic E-state index is 6.50. The van der Waals surface area contributed by atoms with Gasteiger partial charge in [-0.1, -0.05) is 164 Å². The Morgan fingerprint density at radius 3 is 1.40 bits per heavy atom. The number of hydrogen-bond acceptors (Lipinski definition) is 2. The summed E-state index contributed by atoms with van der Waals surface area (Å²) in [5.74, 6) is 0. The van der Waals surface area contributed by atoms with Crippen LogP contribution in [0.25, 0.3) is 93.9 Å². The normalized spacial score (nSPS) is 11.5. The van der Waals surface area contributed by atoms with Crippen LogP contribution in [0, 0.1) is 0 Å². The van der Waals surface area contributed by atoms with Crippen LogP contribution in [0.3, 0.4) is 0 Å². The molecule has 0 aliphatic carbocycles. The van der Waals surface area contributed by atoms with Crippen molar-refractivity contribution in [2.75, 3.05) is 4.90 Å². The average Bonchev–Trinajstić information content (AvgIpc) is 3.91. The zero-order valence-corrected chi connectivity index (χ0v) is 34.4. The number of nitrogens with zero attached hydrogens (tertiary/aromatic N) is 2. The van der Waals surface area contributed by atoms with E-state index >= 15 is 0 Å². The molecule has 3 nitrogen and oxygen atoms in total. The third kappa shape index (κ3) is 6.46. The third-order valence-electron chi connectivity index (χ3n) is 12.4. The van der Waals surface area contributed by atoms with Gasteiger partial charge in [0.25, 0.3) is 0 Å². The van der Waals surface area contributed by atoms with Gasteiger partial charge in [-0.3, -0.25) is 0 Å². The lowest BCUT2D eigenvalue weighted by atomic mass is 9.99. The second-order valence-electron chi connectivity index (χ2n) is 16.1. The molecule has 0 N–H and O–H groups in total. The van der Waals surface area contributed by atoms with Gasteiger partial charge in [-0.05, 0) is 118 Å². The molecule has 2 aromatic heterocycles. The number of furan rings is 1. The topological polar surface area (TPSA) is 21.3 Å². The van der Waals surface area contributed by atoms with E-state index in [9.17, 15) is 0 Å². The monoisotopic (exact) mass is 804 g/mol. The molecule has 0 spiro atoms. The van der Waals surface area contributed by atoms with Crippen LogP contribution in [0.15, 0.2) is 247 Å². The number of para-hydroxylation sites is 3. The van der Waals surface area contributed by atoms with Gasteiger partial charge in [-0.2, -0.15) is 0 Å². The first-order valence-corrected chi connectivity index (χ1v) is 21.5. The third-order valence-corrected chi connectivity index (χ3v) is 12.4. The standard InChI is InChI=1S/C60H40N2O/c1-4-13-41(14-5-1)42-23-31-49(32-24-42)61(50-33-25-43(26-34-50)46-29-37-58-55(39-46)53-19-10-11-22-57(53)62(58)48-17-8-3-9-18-48)51-35-27-44(28-36-51)47-30-38-59-56(40-47)54-21-12-20-52(60(54)63-59)45-15-6-2-7-16-45/h1-40H. The maximum atomic E-state index is 6.50. The Morgan fingerprint density at radius 1 is 0.302 bits per heavy atom. The lowest BCUT2D eigenvalue weighted by molar-refractivity contribution is 0.670. The number of anilines is 3. The molecule has 10 aromatic carbocycles. The number of rotatable bonds is 8. The van der Waals surface area contributed by atoms with Gasteiger partial charge in [-0.25, -0.2) is 0 Å². The first-order chi connectivity index (χ1) is 31.2. The Kier molecular flexibility index (Phi) is 8.83. The highest BCUT2D eigenvalue weighted by Gasteiger charge is 2.17. The highest BCUT2D eigenvalue weighted by Crippen LogP contribution is 2.41. The Hall–Kier alpha value is -8.40. The first kappa shape index (κ1) is 36.5. The fourth-order valence-electron chi connectivity index (χ4n) is 9.32. The van der Waals surface area contributed by atoms with Crippen molar-refractivity contribution < 1.29 is 4.42 Å². The highest BCUT2D eigenvalue weighted by molar-refractivity contribution is 6.11. The van der Waals surface area contributed by atoms with Gasteiger partial charge in [0.05, 0.1) is 11.0 Å². The van der Waals surface area contributed by atoms with Crippen molar-refractivity contribution in [2.45, 2.75) is 0 Å². The number of fused-ring (bicyclic) bond motifs is 6. The van der Waals surface area contributed by atoms with E-state index in [1.54, 1.807) is 0 Å². The summed E-state index contributed by atoms with van der Waals surface area (Å²) in [6.07, 6.45) is 0. The van der Waals surface area contributed by atoms with Crippen LogP contribution in [0.2, 0.25) is 0 Å². The van der Waals surface area contributed by atoms with E-state index in [0.717, 1.165) is 66.9 Å². The second-order valence-corrected chi connectivity index (χ2v) is 16.1. The minimum atomic E-state index is 0.890. The number of benzene rings is 10. The summed E-state index contributed by atoms with van der Waals surface area (Å²) in [6.45, 7) is 0. The maximum Gasteiger partial charge on any atom is 0.143 e. The molecule has 12 aromatic rings. The second kappa shape index (κ2) is 15.3. The van der Waals surface area contributed by atoms with E-state index in [4.69, 9.17) is 4.42 Å². The predicted molar refractivity (Wildman–Crippen MR) is 264 cm³/mol. The van der Waals surface area contributed by atoms with Crippen LogP contribution in [0.1, 0.15) is 0 Å². The summed E-state index contributed by atoms with van der Waals surface area (Å²) in [4.78, 5) is 2.34. The van der Waals surface area contributed by atoms with E-state index in [1.807, 2.05) is 6.07 Å². The lowest BCUT2D eigenvalue weighted by Crippen LogP contribution is -2.09. The summed E-state index contributed by atoms with van der Waals surface area (Å²) in [5, 5.41) is 4.73. The lowest BCUT2D eigenvalue weighted by Gasteiger charge is -2.26. The van der Waals surface area contributed by atoms with E-state index in [1.165, 1.54) is 44.1 Å². The quantitative estimate of drug-likeness (QED) is 0.153. The average molecular weight is 805 g/mol. The van der Waals surface area contributed by atoms with Gasteiger partial charge in [0.1, 0.15) is 11.2 Å². The van der Waals surface area contributed by atoms with Gasteiger partial charge in [0, 0.05) is 49.9 Å². The van der Waals surface area contributed by atoms with Crippen molar-refractivity contribution in [3.05, 3.63) is 243 Å². The minimum Gasteiger partial charge on any atom is -0.455 e. The summed E-state index contributed by atoms with van der Waals surface area (Å²) < 4.78 is 8.86. The molecule has 0 amide bonds. The zero-order valence-electron chi connectivity index (χ0n) is 34.4. The largest absolute Gasteiger partial charge is 0.455 e. The van der Waals surface area contributed by atoms with Crippen LogP contribution in [-0.2, 0) is 0 Å². The van der Waals surface area contributed by atoms with E-state index in [2.05, 4.69) is 246 Å². The molecule has 0 fully saturated rings. The summed E-state index contributed by atoms with van der Waals surface area (Å²) in [7, 11) is 0. The van der Waals surface area contributed by atoms with Crippen molar-refractivity contribution in [2.24, 2.45) is 0 Å². The molecular weight excluding hydrogens is 765 g/mol. The number of aromatic nitrogens is 1. The van der Waals surface area contributed by atoms with Crippen LogP contribution < -0.4 is 4.90 Å². The van der Waals surface area contributed by atoms with E-state index in [-0.39, 0.29) is 0 Å². The van der Waals surface area contributed by atoms with Crippen LogP contribution in [0.5, 0.6) is 0 Å². The van der Waals surface area contributed by atoms with Gasteiger partial charge in [0.2, 0.25) is 0 Å². The van der Waals surface area contributed by atoms with Crippen molar-refractivity contribution in [3.8, 4) is 50.2 Å². The van der Waals surface area contributed by atoms with Crippen molar-refractivity contribution in [3.63, 3.8) is 0 Å². The van der Waals surface area contributed by atoms with Crippen LogP contribution in [-0.4, -0.2) is 4.57 Å². The van der Waals surface area contributed by atoms with Crippen molar-refractivity contribution in [1.29, 1.82) is 0 Å².